The maximum absolute atomic E-state index is 11.6. The van der Waals surface area contributed by atoms with Crippen LogP contribution >= 0.6 is 11.6 Å². The van der Waals surface area contributed by atoms with Crippen LogP contribution in [0.5, 0.6) is 5.75 Å². The Labute approximate surface area is 127 Å². The average Bonchev–Trinajstić information content (AvgIpc) is 2.53. The van der Waals surface area contributed by atoms with Gasteiger partial charge in [-0.3, -0.25) is 20.6 Å². The molecule has 1 aromatic carbocycles. The van der Waals surface area contributed by atoms with Crippen LogP contribution in [0.15, 0.2) is 55.4 Å². The molecule has 0 unspecified atom stereocenters. The van der Waals surface area contributed by atoms with Gasteiger partial charge in [0.15, 0.2) is 6.61 Å². The molecule has 21 heavy (non-hydrogen) atoms. The number of amides is 1. The molecule has 0 radical (unpaired) electrons. The van der Waals surface area contributed by atoms with Gasteiger partial charge in [-0.05, 0) is 36.4 Å². The van der Waals surface area contributed by atoms with Crippen LogP contribution in [-0.2, 0) is 4.79 Å². The molecule has 0 aliphatic carbocycles. The second-order valence-corrected chi connectivity index (χ2v) is 4.57. The number of halogens is 1. The summed E-state index contributed by atoms with van der Waals surface area (Å²) in [6.07, 6.45) is 3.29. The molecule has 5 nitrogen and oxygen atoms in total. The Bertz CT molecular complexity index is 615. The maximum Gasteiger partial charge on any atom is 0.276 e. The lowest BCUT2D eigenvalue weighted by Crippen LogP contribution is -2.38. The molecular weight excluding hydrogens is 290 g/mol. The molecule has 0 spiro atoms. The summed E-state index contributed by atoms with van der Waals surface area (Å²) in [6, 6.07) is 10.3. The third-order valence-electron chi connectivity index (χ3n) is 2.57. The Morgan fingerprint density at radius 2 is 1.81 bits per heavy atom. The second kappa shape index (κ2) is 7.31. The summed E-state index contributed by atoms with van der Waals surface area (Å²) in [5, 5.41) is 0.613. The number of ether oxygens (including phenoxy) is 1. The molecule has 0 aliphatic rings. The molecule has 0 bridgehead atoms. The highest BCUT2D eigenvalue weighted by atomic mass is 35.5. The number of rotatable bonds is 6. The van der Waals surface area contributed by atoms with Gasteiger partial charge in [0.1, 0.15) is 5.75 Å². The fourth-order valence-corrected chi connectivity index (χ4v) is 1.61. The minimum atomic E-state index is -0.319. The van der Waals surface area contributed by atoms with Gasteiger partial charge in [0.05, 0.1) is 5.70 Å². The Morgan fingerprint density at radius 1 is 1.14 bits per heavy atom. The minimum absolute atomic E-state index is 0.113. The van der Waals surface area contributed by atoms with E-state index in [0.29, 0.717) is 16.5 Å². The van der Waals surface area contributed by atoms with E-state index in [4.69, 9.17) is 16.3 Å². The first kappa shape index (κ1) is 14.9. The van der Waals surface area contributed by atoms with Crippen molar-refractivity contribution < 1.29 is 9.53 Å². The first-order valence-electron chi connectivity index (χ1n) is 6.17. The van der Waals surface area contributed by atoms with Gasteiger partial charge in [-0.2, -0.15) is 0 Å². The van der Waals surface area contributed by atoms with E-state index in [0.717, 1.165) is 5.56 Å². The van der Waals surface area contributed by atoms with E-state index in [1.54, 1.807) is 48.8 Å². The quantitative estimate of drug-likeness (QED) is 0.804. The highest BCUT2D eigenvalue weighted by Gasteiger charge is 2.04. The predicted octanol–water partition coefficient (Wildman–Crippen LogP) is 2.41. The van der Waals surface area contributed by atoms with Gasteiger partial charge in [0.25, 0.3) is 5.91 Å². The molecule has 1 aromatic heterocycles. The molecule has 0 saturated carbocycles. The molecule has 2 N–H and O–H groups in total. The van der Waals surface area contributed by atoms with Gasteiger partial charge in [-0.15, -0.1) is 0 Å². The molecule has 1 heterocycles. The van der Waals surface area contributed by atoms with Crippen LogP contribution in [0.25, 0.3) is 5.70 Å². The number of benzene rings is 1. The second-order valence-electron chi connectivity index (χ2n) is 4.13. The number of carbonyl (C=O) groups excluding carboxylic acids is 1. The zero-order chi connectivity index (χ0) is 15.1. The Hall–Kier alpha value is -2.53. The predicted molar refractivity (Wildman–Crippen MR) is 81.5 cm³/mol. The zero-order valence-electron chi connectivity index (χ0n) is 11.2. The lowest BCUT2D eigenvalue weighted by molar-refractivity contribution is -0.123. The van der Waals surface area contributed by atoms with Crippen LogP contribution in [0.3, 0.4) is 0 Å². The molecule has 0 fully saturated rings. The number of hydrazine groups is 1. The van der Waals surface area contributed by atoms with Crippen LogP contribution in [0, 0.1) is 0 Å². The van der Waals surface area contributed by atoms with Gasteiger partial charge in [0, 0.05) is 23.0 Å². The fourth-order valence-electron chi connectivity index (χ4n) is 1.49. The molecule has 2 rings (SSSR count). The highest BCUT2D eigenvalue weighted by Crippen LogP contribution is 2.15. The zero-order valence-corrected chi connectivity index (χ0v) is 11.9. The number of nitrogens with zero attached hydrogens (tertiary/aromatic N) is 1. The number of hydrogen-bond donors (Lipinski definition) is 2. The van der Waals surface area contributed by atoms with Crippen molar-refractivity contribution in [2.75, 3.05) is 6.61 Å². The van der Waals surface area contributed by atoms with Crippen LogP contribution in [0.4, 0.5) is 0 Å². The van der Waals surface area contributed by atoms with Crippen molar-refractivity contribution in [3.05, 3.63) is 66.0 Å². The molecule has 0 atom stereocenters. The number of pyridine rings is 1. The van der Waals surface area contributed by atoms with Crippen molar-refractivity contribution in [1.82, 2.24) is 15.8 Å². The minimum Gasteiger partial charge on any atom is -0.484 e. The van der Waals surface area contributed by atoms with E-state index in [9.17, 15) is 4.79 Å². The van der Waals surface area contributed by atoms with E-state index >= 15 is 0 Å². The summed E-state index contributed by atoms with van der Waals surface area (Å²) in [7, 11) is 0. The lowest BCUT2D eigenvalue weighted by atomic mass is 10.2. The van der Waals surface area contributed by atoms with Gasteiger partial charge >= 0.3 is 0 Å². The molecule has 6 heteroatoms. The molecular formula is C15H14ClN3O2. The Kier molecular flexibility index (Phi) is 5.17. The van der Waals surface area contributed by atoms with Crippen molar-refractivity contribution >= 4 is 23.2 Å². The number of nitrogens with one attached hydrogen (secondary N) is 2. The SMILES string of the molecule is C=C(NNC(=O)COc1ccc(Cl)cc1)c1ccncc1. The van der Waals surface area contributed by atoms with E-state index in [2.05, 4.69) is 22.4 Å². The molecule has 0 aliphatic heterocycles. The van der Waals surface area contributed by atoms with Crippen molar-refractivity contribution in [3.63, 3.8) is 0 Å². The van der Waals surface area contributed by atoms with E-state index in [1.807, 2.05) is 0 Å². The maximum atomic E-state index is 11.6. The Balaban J connectivity index is 1.75. The summed E-state index contributed by atoms with van der Waals surface area (Å²) < 4.78 is 5.31. The smallest absolute Gasteiger partial charge is 0.276 e. The third-order valence-corrected chi connectivity index (χ3v) is 2.82. The third kappa shape index (κ3) is 4.81. The van der Waals surface area contributed by atoms with Gasteiger partial charge in [-0.1, -0.05) is 18.2 Å². The standard InChI is InChI=1S/C15H14ClN3O2/c1-11(12-6-8-17-9-7-12)18-19-15(20)10-21-14-4-2-13(16)3-5-14/h2-9,18H,1,10H2,(H,19,20). The van der Waals surface area contributed by atoms with Crippen molar-refractivity contribution in [2.45, 2.75) is 0 Å². The van der Waals surface area contributed by atoms with Crippen LogP contribution in [-0.4, -0.2) is 17.5 Å². The topological polar surface area (TPSA) is 63.2 Å². The fraction of sp³-hybridized carbons (Fsp3) is 0.0667. The molecule has 0 saturated heterocycles. The monoisotopic (exact) mass is 303 g/mol. The van der Waals surface area contributed by atoms with E-state index < -0.39 is 0 Å². The van der Waals surface area contributed by atoms with Gasteiger partial charge in [0.2, 0.25) is 0 Å². The summed E-state index contributed by atoms with van der Waals surface area (Å²) >= 11 is 5.76. The average molecular weight is 304 g/mol. The normalized spacial score (nSPS) is 9.76. The number of carbonyl (C=O) groups is 1. The van der Waals surface area contributed by atoms with Crippen LogP contribution in [0.1, 0.15) is 5.56 Å². The first-order valence-corrected chi connectivity index (χ1v) is 6.55. The first-order chi connectivity index (χ1) is 10.1. The van der Waals surface area contributed by atoms with Crippen LogP contribution < -0.4 is 15.6 Å². The van der Waals surface area contributed by atoms with Crippen molar-refractivity contribution in [3.8, 4) is 5.75 Å². The lowest BCUT2D eigenvalue weighted by Gasteiger charge is -2.11. The van der Waals surface area contributed by atoms with Crippen LogP contribution in [0.2, 0.25) is 5.02 Å². The van der Waals surface area contributed by atoms with E-state index in [-0.39, 0.29) is 12.5 Å². The van der Waals surface area contributed by atoms with Crippen molar-refractivity contribution in [1.29, 1.82) is 0 Å². The summed E-state index contributed by atoms with van der Waals surface area (Å²) in [5.74, 6) is 0.252. The molecule has 1 amide bonds. The van der Waals surface area contributed by atoms with Gasteiger partial charge in [-0.25, -0.2) is 0 Å². The summed E-state index contributed by atoms with van der Waals surface area (Å²) in [5.41, 5.74) is 6.63. The summed E-state index contributed by atoms with van der Waals surface area (Å²) in [6.45, 7) is 3.70. The highest BCUT2D eigenvalue weighted by molar-refractivity contribution is 6.30. The van der Waals surface area contributed by atoms with Crippen molar-refractivity contribution in [2.24, 2.45) is 0 Å². The summed E-state index contributed by atoms with van der Waals surface area (Å²) in [4.78, 5) is 15.5. The molecule has 108 valence electrons. The van der Waals surface area contributed by atoms with Gasteiger partial charge < -0.3 is 4.74 Å². The Morgan fingerprint density at radius 3 is 2.48 bits per heavy atom. The molecule has 2 aromatic rings. The number of hydrogen-bond acceptors (Lipinski definition) is 4. The largest absolute Gasteiger partial charge is 0.484 e. The van der Waals surface area contributed by atoms with E-state index in [1.165, 1.54) is 0 Å². The number of aromatic nitrogens is 1.